The molecule has 1 amide bonds. The lowest BCUT2D eigenvalue weighted by atomic mass is 9.95. The summed E-state index contributed by atoms with van der Waals surface area (Å²) in [6.07, 6.45) is 2.97. The van der Waals surface area contributed by atoms with Gasteiger partial charge in [0.15, 0.2) is 0 Å². The Balaban J connectivity index is 1.90. The van der Waals surface area contributed by atoms with Gasteiger partial charge in [-0.2, -0.15) is 0 Å². The minimum atomic E-state index is -0.847. The molecule has 1 saturated heterocycles. The number of nitrogens with one attached hydrogen (secondary N) is 1. The molecule has 2 N–H and O–H groups in total. The van der Waals surface area contributed by atoms with Gasteiger partial charge in [-0.1, -0.05) is 6.42 Å². The van der Waals surface area contributed by atoms with Crippen LogP contribution in [-0.4, -0.2) is 36.2 Å². The summed E-state index contributed by atoms with van der Waals surface area (Å²) in [7, 11) is 0. The molecule has 1 aliphatic carbocycles. The Morgan fingerprint density at radius 2 is 1.94 bits per heavy atom. The van der Waals surface area contributed by atoms with Crippen LogP contribution < -0.4 is 5.32 Å². The van der Waals surface area contributed by atoms with Crippen molar-refractivity contribution in [1.82, 2.24) is 5.32 Å². The Kier molecular flexibility index (Phi) is 3.43. The van der Waals surface area contributed by atoms with Gasteiger partial charge >= 0.3 is 5.97 Å². The highest BCUT2D eigenvalue weighted by atomic mass is 16.5. The average molecular weight is 227 g/mol. The van der Waals surface area contributed by atoms with Crippen LogP contribution in [0, 0.1) is 11.8 Å². The molecule has 0 bridgehead atoms. The van der Waals surface area contributed by atoms with E-state index in [1.807, 2.05) is 0 Å². The van der Waals surface area contributed by atoms with Crippen molar-refractivity contribution < 1.29 is 19.4 Å². The van der Waals surface area contributed by atoms with Crippen molar-refractivity contribution in [1.29, 1.82) is 0 Å². The number of hydrogen-bond donors (Lipinski definition) is 2. The summed E-state index contributed by atoms with van der Waals surface area (Å²) in [6, 6.07) is 0.0718. The first-order valence-electron chi connectivity index (χ1n) is 5.79. The topological polar surface area (TPSA) is 75.6 Å². The molecule has 5 heteroatoms. The van der Waals surface area contributed by atoms with Gasteiger partial charge in [0, 0.05) is 6.61 Å². The summed E-state index contributed by atoms with van der Waals surface area (Å²) in [5, 5.41) is 11.9. The van der Waals surface area contributed by atoms with Crippen LogP contribution in [0.15, 0.2) is 0 Å². The zero-order chi connectivity index (χ0) is 11.5. The number of carbonyl (C=O) groups is 2. The Bertz CT molecular complexity index is 286. The second kappa shape index (κ2) is 4.82. The fourth-order valence-electron chi connectivity index (χ4n) is 2.53. The summed E-state index contributed by atoms with van der Waals surface area (Å²) < 4.78 is 5.16. The number of carbonyl (C=O) groups excluding carboxylic acids is 1. The molecule has 0 spiro atoms. The van der Waals surface area contributed by atoms with E-state index in [1.165, 1.54) is 0 Å². The highest BCUT2D eigenvalue weighted by molar-refractivity contribution is 5.85. The zero-order valence-electron chi connectivity index (χ0n) is 9.15. The molecular weight excluding hydrogens is 210 g/mol. The van der Waals surface area contributed by atoms with E-state index in [0.29, 0.717) is 26.1 Å². The largest absolute Gasteiger partial charge is 0.481 e. The molecule has 2 rings (SSSR count). The fraction of sp³-hybridized carbons (Fsp3) is 0.818. The smallest absolute Gasteiger partial charge is 0.307 e. The minimum absolute atomic E-state index is 0.0718. The van der Waals surface area contributed by atoms with E-state index in [0.717, 1.165) is 12.8 Å². The van der Waals surface area contributed by atoms with E-state index >= 15 is 0 Å². The molecule has 2 fully saturated rings. The molecule has 0 radical (unpaired) electrons. The predicted octanol–water partition coefficient (Wildman–Crippen LogP) is 0.392. The maximum atomic E-state index is 11.9. The number of carboxylic acids is 1. The van der Waals surface area contributed by atoms with Crippen molar-refractivity contribution in [3.05, 3.63) is 0 Å². The van der Waals surface area contributed by atoms with Gasteiger partial charge in [-0.05, 0) is 19.3 Å². The number of hydrogen-bond acceptors (Lipinski definition) is 3. The number of amides is 1. The lowest BCUT2D eigenvalue weighted by molar-refractivity contribution is -0.146. The van der Waals surface area contributed by atoms with Gasteiger partial charge in [0.1, 0.15) is 0 Å². The Morgan fingerprint density at radius 1 is 1.19 bits per heavy atom. The zero-order valence-corrected chi connectivity index (χ0v) is 9.15. The number of ether oxygens (including phenoxy) is 1. The summed E-state index contributed by atoms with van der Waals surface area (Å²) in [6.45, 7) is 1.23. The number of carboxylic acid groups (broad SMARTS) is 1. The summed E-state index contributed by atoms with van der Waals surface area (Å²) in [5.41, 5.74) is 0. The van der Waals surface area contributed by atoms with Crippen molar-refractivity contribution in [2.24, 2.45) is 11.8 Å². The Hall–Kier alpha value is -1.10. The third-order valence-electron chi connectivity index (χ3n) is 3.45. The first-order chi connectivity index (χ1) is 7.68. The maximum Gasteiger partial charge on any atom is 0.307 e. The van der Waals surface area contributed by atoms with Gasteiger partial charge < -0.3 is 15.2 Å². The second-order valence-corrected chi connectivity index (χ2v) is 4.55. The van der Waals surface area contributed by atoms with Crippen molar-refractivity contribution in [2.45, 2.75) is 31.7 Å². The number of rotatable bonds is 3. The quantitative estimate of drug-likeness (QED) is 0.731. The van der Waals surface area contributed by atoms with Gasteiger partial charge in [-0.25, -0.2) is 0 Å². The molecule has 1 aliphatic heterocycles. The molecule has 0 aromatic heterocycles. The SMILES string of the molecule is O=C(O)C1CCCC1C(=O)NC1CCOC1. The van der Waals surface area contributed by atoms with Crippen LogP contribution in [-0.2, 0) is 14.3 Å². The van der Waals surface area contributed by atoms with Crippen LogP contribution in [0.25, 0.3) is 0 Å². The highest BCUT2D eigenvalue weighted by Crippen LogP contribution is 2.32. The van der Waals surface area contributed by atoms with E-state index in [1.54, 1.807) is 0 Å². The van der Waals surface area contributed by atoms with Gasteiger partial charge in [0.05, 0.1) is 24.5 Å². The molecule has 2 aliphatic rings. The van der Waals surface area contributed by atoms with E-state index < -0.39 is 11.9 Å². The fourth-order valence-corrected chi connectivity index (χ4v) is 2.53. The summed E-state index contributed by atoms with van der Waals surface area (Å²) >= 11 is 0. The Morgan fingerprint density at radius 3 is 2.56 bits per heavy atom. The normalized spacial score (nSPS) is 33.9. The lowest BCUT2D eigenvalue weighted by Crippen LogP contribution is -2.41. The molecule has 0 aromatic rings. The van der Waals surface area contributed by atoms with Crippen LogP contribution in [0.3, 0.4) is 0 Å². The Labute approximate surface area is 94.2 Å². The van der Waals surface area contributed by atoms with Gasteiger partial charge in [-0.3, -0.25) is 9.59 Å². The van der Waals surface area contributed by atoms with E-state index in [9.17, 15) is 9.59 Å². The molecule has 0 aromatic carbocycles. The lowest BCUT2D eigenvalue weighted by Gasteiger charge is -2.18. The molecule has 3 atom stereocenters. The van der Waals surface area contributed by atoms with Gasteiger partial charge in [0.25, 0.3) is 0 Å². The number of aliphatic carboxylic acids is 1. The standard InChI is InChI=1S/C11H17NO4/c13-10(12-7-4-5-16-6-7)8-2-1-3-9(8)11(14)15/h7-9H,1-6H2,(H,12,13)(H,14,15). The summed E-state index contributed by atoms with van der Waals surface area (Å²) in [5.74, 6) is -1.80. The monoisotopic (exact) mass is 227 g/mol. The van der Waals surface area contributed by atoms with E-state index in [2.05, 4.69) is 5.32 Å². The first kappa shape index (κ1) is 11.4. The summed E-state index contributed by atoms with van der Waals surface area (Å²) in [4.78, 5) is 22.8. The second-order valence-electron chi connectivity index (χ2n) is 4.55. The molecule has 16 heavy (non-hydrogen) atoms. The van der Waals surface area contributed by atoms with Crippen LogP contribution in [0.2, 0.25) is 0 Å². The average Bonchev–Trinajstić information content (AvgIpc) is 2.86. The van der Waals surface area contributed by atoms with Crippen LogP contribution in [0.5, 0.6) is 0 Å². The predicted molar refractivity (Wildman–Crippen MR) is 55.8 cm³/mol. The van der Waals surface area contributed by atoms with Gasteiger partial charge in [-0.15, -0.1) is 0 Å². The minimum Gasteiger partial charge on any atom is -0.481 e. The van der Waals surface area contributed by atoms with Crippen molar-refractivity contribution in [3.63, 3.8) is 0 Å². The van der Waals surface area contributed by atoms with Crippen molar-refractivity contribution in [3.8, 4) is 0 Å². The van der Waals surface area contributed by atoms with Crippen molar-refractivity contribution >= 4 is 11.9 Å². The molecule has 1 saturated carbocycles. The molecule has 3 unspecified atom stereocenters. The molecular formula is C11H17NO4. The van der Waals surface area contributed by atoms with Crippen LogP contribution in [0.4, 0.5) is 0 Å². The third kappa shape index (κ3) is 2.35. The van der Waals surface area contributed by atoms with Crippen molar-refractivity contribution in [2.75, 3.05) is 13.2 Å². The maximum absolute atomic E-state index is 11.9. The molecule has 5 nitrogen and oxygen atoms in total. The van der Waals surface area contributed by atoms with Crippen LogP contribution in [0.1, 0.15) is 25.7 Å². The van der Waals surface area contributed by atoms with Gasteiger partial charge in [0.2, 0.25) is 5.91 Å². The van der Waals surface area contributed by atoms with E-state index in [4.69, 9.17) is 9.84 Å². The van der Waals surface area contributed by atoms with E-state index in [-0.39, 0.29) is 17.9 Å². The van der Waals surface area contributed by atoms with Crippen LogP contribution >= 0.6 is 0 Å². The molecule has 90 valence electrons. The first-order valence-corrected chi connectivity index (χ1v) is 5.79. The highest BCUT2D eigenvalue weighted by Gasteiger charge is 2.38. The molecule has 1 heterocycles. The third-order valence-corrected chi connectivity index (χ3v) is 3.45.